The maximum Gasteiger partial charge on any atom is 0.340 e. The van der Waals surface area contributed by atoms with Crippen molar-refractivity contribution in [1.82, 2.24) is 0 Å². The van der Waals surface area contributed by atoms with E-state index in [-0.39, 0.29) is 5.97 Å². The van der Waals surface area contributed by atoms with Crippen molar-refractivity contribution in [3.05, 3.63) is 35.9 Å². The quantitative estimate of drug-likeness (QED) is 0.324. The van der Waals surface area contributed by atoms with Crippen molar-refractivity contribution in [3.8, 4) is 0 Å². The van der Waals surface area contributed by atoms with Gasteiger partial charge < -0.3 is 14.2 Å². The van der Waals surface area contributed by atoms with E-state index in [1.165, 1.54) is 19.3 Å². The van der Waals surface area contributed by atoms with E-state index in [9.17, 15) is 4.79 Å². The van der Waals surface area contributed by atoms with Gasteiger partial charge >= 0.3 is 5.97 Å². The molecule has 23 heavy (non-hydrogen) atoms. The molecule has 4 nitrogen and oxygen atoms in total. The summed E-state index contributed by atoms with van der Waals surface area (Å²) in [6.45, 7) is 7.85. The molecule has 0 radical (unpaired) electrons. The molecule has 0 fully saturated rings. The lowest BCUT2D eigenvalue weighted by molar-refractivity contribution is -0.111. The van der Waals surface area contributed by atoms with E-state index in [0.29, 0.717) is 24.7 Å². The Kier molecular flexibility index (Phi) is 10.3. The lowest BCUT2D eigenvalue weighted by atomic mass is 10.0. The number of hydrogen-bond donors (Lipinski definition) is 0. The van der Waals surface area contributed by atoms with Crippen LogP contribution in [0.5, 0.6) is 0 Å². The van der Waals surface area contributed by atoms with E-state index in [0.717, 1.165) is 13.0 Å². The maximum absolute atomic E-state index is 11.8. The van der Waals surface area contributed by atoms with Crippen LogP contribution in [0.3, 0.4) is 0 Å². The average molecular weight is 322 g/mol. The van der Waals surface area contributed by atoms with Crippen molar-refractivity contribution < 1.29 is 19.0 Å². The van der Waals surface area contributed by atoms with Crippen molar-refractivity contribution >= 4 is 5.97 Å². The van der Waals surface area contributed by atoms with Crippen LogP contribution in [0.25, 0.3) is 0 Å². The molecular formula is C19H30O4. The minimum Gasteiger partial charge on any atom is -0.432 e. The zero-order valence-corrected chi connectivity index (χ0v) is 14.6. The van der Waals surface area contributed by atoms with Gasteiger partial charge in [0.1, 0.15) is 0 Å². The summed E-state index contributed by atoms with van der Waals surface area (Å²) in [5.74, 6) is 0.257. The second-order valence-electron chi connectivity index (χ2n) is 5.70. The van der Waals surface area contributed by atoms with Gasteiger partial charge in [0.2, 0.25) is 6.29 Å². The fraction of sp³-hybridized carbons (Fsp3) is 0.632. The van der Waals surface area contributed by atoms with Crippen molar-refractivity contribution in [1.29, 1.82) is 0 Å². The zero-order valence-electron chi connectivity index (χ0n) is 14.6. The fourth-order valence-corrected chi connectivity index (χ4v) is 2.25. The molecular weight excluding hydrogens is 292 g/mol. The Labute approximate surface area is 140 Å². The number of unbranched alkanes of at least 4 members (excludes halogenated alkanes) is 1. The molecule has 0 aliphatic rings. The minimum absolute atomic E-state index is 0.371. The number of ether oxygens (including phenoxy) is 3. The molecule has 1 aromatic rings. The highest BCUT2D eigenvalue weighted by Gasteiger charge is 2.11. The van der Waals surface area contributed by atoms with Crippen LogP contribution >= 0.6 is 0 Å². The van der Waals surface area contributed by atoms with Gasteiger partial charge in [-0.15, -0.1) is 0 Å². The van der Waals surface area contributed by atoms with E-state index in [1.54, 1.807) is 31.2 Å². The third kappa shape index (κ3) is 8.72. The van der Waals surface area contributed by atoms with Crippen LogP contribution in [-0.4, -0.2) is 32.1 Å². The second kappa shape index (κ2) is 12.1. The third-order valence-corrected chi connectivity index (χ3v) is 3.76. The number of carbonyl (C=O) groups is 1. The normalized spacial score (nSPS) is 13.5. The number of esters is 1. The average Bonchev–Trinajstić information content (AvgIpc) is 2.58. The number of hydrogen-bond acceptors (Lipinski definition) is 4. The van der Waals surface area contributed by atoms with Gasteiger partial charge in [0.25, 0.3) is 0 Å². The predicted octanol–water partition coefficient (Wildman–Crippen LogP) is 4.44. The summed E-state index contributed by atoms with van der Waals surface area (Å²) in [5, 5.41) is 0. The van der Waals surface area contributed by atoms with Crippen molar-refractivity contribution in [2.45, 2.75) is 52.7 Å². The Morgan fingerprint density at radius 1 is 1.13 bits per heavy atom. The lowest BCUT2D eigenvalue weighted by Crippen LogP contribution is -2.21. The Bertz CT molecular complexity index is 419. The van der Waals surface area contributed by atoms with E-state index >= 15 is 0 Å². The van der Waals surface area contributed by atoms with E-state index in [2.05, 4.69) is 13.8 Å². The molecule has 0 heterocycles. The van der Waals surface area contributed by atoms with Crippen molar-refractivity contribution in [2.24, 2.45) is 5.92 Å². The van der Waals surface area contributed by atoms with Crippen molar-refractivity contribution in [2.75, 3.05) is 19.8 Å². The Morgan fingerprint density at radius 2 is 1.87 bits per heavy atom. The molecule has 1 rings (SSSR count). The molecule has 4 heteroatoms. The number of rotatable bonds is 12. The summed E-state index contributed by atoms with van der Waals surface area (Å²) >= 11 is 0. The monoisotopic (exact) mass is 322 g/mol. The zero-order chi connectivity index (χ0) is 16.9. The van der Waals surface area contributed by atoms with Gasteiger partial charge in [-0.05, 0) is 31.4 Å². The lowest BCUT2D eigenvalue weighted by Gasteiger charge is -2.16. The van der Waals surface area contributed by atoms with E-state index in [1.807, 2.05) is 6.07 Å². The first-order chi connectivity index (χ1) is 11.2. The molecule has 0 aromatic heterocycles. The standard InChI is InChI=1S/C19H30O4/c1-4-6-10-17(5-2)15-21-13-14-22-16(3)23-19(20)18-11-8-7-9-12-18/h7-9,11-12,16-17H,4-6,10,13-15H2,1-3H3. The summed E-state index contributed by atoms with van der Waals surface area (Å²) in [4.78, 5) is 11.8. The molecule has 0 amide bonds. The number of benzene rings is 1. The van der Waals surface area contributed by atoms with Crippen LogP contribution in [0.1, 0.15) is 56.8 Å². The molecule has 0 aliphatic carbocycles. The SMILES string of the molecule is CCCCC(CC)COCCOC(C)OC(=O)c1ccccc1. The largest absolute Gasteiger partial charge is 0.432 e. The molecule has 0 aliphatic heterocycles. The highest BCUT2D eigenvalue weighted by Crippen LogP contribution is 2.12. The van der Waals surface area contributed by atoms with Gasteiger partial charge in [0.05, 0.1) is 18.8 Å². The maximum atomic E-state index is 11.8. The van der Waals surface area contributed by atoms with Crippen LogP contribution in [-0.2, 0) is 14.2 Å². The molecule has 130 valence electrons. The molecule has 0 bridgehead atoms. The molecule has 0 spiro atoms. The summed E-state index contributed by atoms with van der Waals surface area (Å²) in [5.41, 5.74) is 0.529. The Balaban J connectivity index is 2.12. The first kappa shape index (κ1) is 19.7. The highest BCUT2D eigenvalue weighted by molar-refractivity contribution is 5.89. The van der Waals surface area contributed by atoms with Gasteiger partial charge in [-0.3, -0.25) is 0 Å². The molecule has 0 N–H and O–H groups in total. The third-order valence-electron chi connectivity index (χ3n) is 3.76. The first-order valence-electron chi connectivity index (χ1n) is 8.62. The fourth-order valence-electron chi connectivity index (χ4n) is 2.25. The summed E-state index contributed by atoms with van der Waals surface area (Å²) in [7, 11) is 0. The predicted molar refractivity (Wildman–Crippen MR) is 91.4 cm³/mol. The molecule has 2 atom stereocenters. The first-order valence-corrected chi connectivity index (χ1v) is 8.62. The topological polar surface area (TPSA) is 44.8 Å². The molecule has 1 aromatic carbocycles. The number of carbonyl (C=O) groups excluding carboxylic acids is 1. The van der Waals surface area contributed by atoms with Crippen LogP contribution in [0.2, 0.25) is 0 Å². The van der Waals surface area contributed by atoms with Gasteiger partial charge in [0, 0.05) is 6.61 Å². The second-order valence-corrected chi connectivity index (χ2v) is 5.70. The van der Waals surface area contributed by atoms with Crippen LogP contribution < -0.4 is 0 Å². The Hall–Kier alpha value is -1.39. The highest BCUT2D eigenvalue weighted by atomic mass is 16.7. The smallest absolute Gasteiger partial charge is 0.340 e. The van der Waals surface area contributed by atoms with Crippen LogP contribution in [0.4, 0.5) is 0 Å². The van der Waals surface area contributed by atoms with Gasteiger partial charge in [-0.2, -0.15) is 0 Å². The van der Waals surface area contributed by atoms with Gasteiger partial charge in [-0.25, -0.2) is 4.79 Å². The minimum atomic E-state index is -0.576. The summed E-state index contributed by atoms with van der Waals surface area (Å²) in [6.07, 6.45) is 4.27. The van der Waals surface area contributed by atoms with Crippen molar-refractivity contribution in [3.63, 3.8) is 0 Å². The van der Waals surface area contributed by atoms with E-state index < -0.39 is 6.29 Å². The van der Waals surface area contributed by atoms with Gasteiger partial charge in [-0.1, -0.05) is 51.3 Å². The Morgan fingerprint density at radius 3 is 2.52 bits per heavy atom. The van der Waals surface area contributed by atoms with E-state index in [4.69, 9.17) is 14.2 Å². The molecule has 2 unspecified atom stereocenters. The molecule has 0 saturated heterocycles. The molecule has 0 saturated carbocycles. The summed E-state index contributed by atoms with van der Waals surface area (Å²) < 4.78 is 16.3. The van der Waals surface area contributed by atoms with Crippen LogP contribution in [0, 0.1) is 5.92 Å². The van der Waals surface area contributed by atoms with Gasteiger partial charge in [0.15, 0.2) is 0 Å². The van der Waals surface area contributed by atoms with Crippen LogP contribution in [0.15, 0.2) is 30.3 Å². The summed E-state index contributed by atoms with van der Waals surface area (Å²) in [6, 6.07) is 8.91.